The van der Waals surface area contributed by atoms with Gasteiger partial charge in [0.15, 0.2) is 5.69 Å². The number of ether oxygens (including phenoxy) is 1. The molecule has 3 amide bonds. The lowest BCUT2D eigenvalue weighted by Crippen LogP contribution is -2.47. The zero-order chi connectivity index (χ0) is 27.4. The predicted octanol–water partition coefficient (Wildman–Crippen LogP) is 4.29. The lowest BCUT2D eigenvalue weighted by atomic mass is 9.94. The van der Waals surface area contributed by atoms with E-state index in [4.69, 9.17) is 16.2 Å². The number of rotatable bonds is 8. The van der Waals surface area contributed by atoms with Crippen LogP contribution < -0.4 is 26.4 Å². The van der Waals surface area contributed by atoms with Crippen molar-refractivity contribution >= 4 is 40.6 Å². The van der Waals surface area contributed by atoms with E-state index in [1.807, 2.05) is 32.0 Å². The second-order valence-corrected chi connectivity index (χ2v) is 10.4. The number of anilines is 2. The van der Waals surface area contributed by atoms with Crippen molar-refractivity contribution in [3.05, 3.63) is 69.7 Å². The molecule has 9 nitrogen and oxygen atoms in total. The van der Waals surface area contributed by atoms with E-state index in [-0.39, 0.29) is 28.2 Å². The van der Waals surface area contributed by atoms with Gasteiger partial charge in [-0.2, -0.15) is 4.37 Å². The molecule has 200 valence electrons. The minimum Gasteiger partial charge on any atom is -0.497 e. The van der Waals surface area contributed by atoms with Crippen LogP contribution in [0, 0.1) is 13.8 Å². The van der Waals surface area contributed by atoms with Crippen molar-refractivity contribution in [1.82, 2.24) is 9.69 Å². The maximum Gasteiger partial charge on any atom is 0.273 e. The highest BCUT2D eigenvalue weighted by molar-refractivity contribution is 7.09. The van der Waals surface area contributed by atoms with Gasteiger partial charge in [0, 0.05) is 11.7 Å². The number of primary amides is 1. The highest BCUT2D eigenvalue weighted by Gasteiger charge is 2.37. The molecule has 1 fully saturated rings. The molecule has 1 aliphatic rings. The summed E-state index contributed by atoms with van der Waals surface area (Å²) in [6, 6.07) is 11.8. The molecule has 1 aliphatic carbocycles. The highest BCUT2D eigenvalue weighted by Crippen LogP contribution is 2.36. The average molecular weight is 536 g/mol. The summed E-state index contributed by atoms with van der Waals surface area (Å²) in [5.41, 5.74) is 14.2. The first-order valence-electron chi connectivity index (χ1n) is 12.6. The lowest BCUT2D eigenvalue weighted by Gasteiger charge is -2.34. The van der Waals surface area contributed by atoms with Crippen molar-refractivity contribution < 1.29 is 19.1 Å². The average Bonchev–Trinajstić information content (AvgIpc) is 3.30. The van der Waals surface area contributed by atoms with Gasteiger partial charge in [-0.25, -0.2) is 0 Å². The quantitative estimate of drug-likeness (QED) is 0.393. The Morgan fingerprint density at radius 3 is 2.37 bits per heavy atom. The second kappa shape index (κ2) is 11.6. The smallest absolute Gasteiger partial charge is 0.273 e. The summed E-state index contributed by atoms with van der Waals surface area (Å²) in [6.07, 6.45) is 5.02. The van der Waals surface area contributed by atoms with Gasteiger partial charge in [0.25, 0.3) is 11.8 Å². The minimum atomic E-state index is -1.02. The standard InChI is InChI=1S/C28H33N5O4S/c1-16-9-10-17(2)21(15-16)33(28(36)25-22(29)23(26(30)34)32-38-25)24(18-11-13-20(37-3)14-12-18)27(35)31-19-7-5-4-6-8-19/h9-15,19,24H,4-8,29H2,1-3H3,(H2,30,34)(H,31,35). The van der Waals surface area contributed by atoms with E-state index in [1.165, 1.54) is 4.90 Å². The molecule has 0 bridgehead atoms. The number of aromatic nitrogens is 1. The number of amides is 3. The van der Waals surface area contributed by atoms with Crippen molar-refractivity contribution in [2.24, 2.45) is 5.73 Å². The van der Waals surface area contributed by atoms with Crippen LogP contribution in [0.3, 0.4) is 0 Å². The molecule has 0 saturated heterocycles. The van der Waals surface area contributed by atoms with Crippen LogP contribution in [0.4, 0.5) is 11.4 Å². The molecule has 2 aromatic carbocycles. The summed E-state index contributed by atoms with van der Waals surface area (Å²) in [6.45, 7) is 3.80. The number of hydrogen-bond donors (Lipinski definition) is 3. The number of carbonyl (C=O) groups excluding carboxylic acids is 3. The fourth-order valence-electron chi connectivity index (χ4n) is 4.81. The van der Waals surface area contributed by atoms with E-state index >= 15 is 0 Å². The maximum absolute atomic E-state index is 14.3. The molecule has 1 unspecified atom stereocenters. The third-order valence-electron chi connectivity index (χ3n) is 6.89. The molecule has 1 aromatic heterocycles. The van der Waals surface area contributed by atoms with Gasteiger partial charge < -0.3 is 21.5 Å². The zero-order valence-electron chi connectivity index (χ0n) is 21.8. The number of nitrogens with two attached hydrogens (primary N) is 2. The van der Waals surface area contributed by atoms with Crippen LogP contribution in [-0.4, -0.2) is 35.2 Å². The van der Waals surface area contributed by atoms with Gasteiger partial charge in [0.2, 0.25) is 5.91 Å². The molecule has 5 N–H and O–H groups in total. The Hall–Kier alpha value is -3.92. The summed E-state index contributed by atoms with van der Waals surface area (Å²) < 4.78 is 9.34. The van der Waals surface area contributed by atoms with Crippen molar-refractivity contribution in [3.8, 4) is 5.75 Å². The molecular formula is C28H33N5O4S. The first-order valence-corrected chi connectivity index (χ1v) is 13.4. The van der Waals surface area contributed by atoms with Gasteiger partial charge in [0.05, 0.1) is 12.8 Å². The van der Waals surface area contributed by atoms with Crippen LogP contribution in [-0.2, 0) is 4.79 Å². The van der Waals surface area contributed by atoms with Crippen LogP contribution in [0.1, 0.15) is 75.0 Å². The summed E-state index contributed by atoms with van der Waals surface area (Å²) >= 11 is 0.793. The van der Waals surface area contributed by atoms with Gasteiger partial charge in [-0.05, 0) is 73.1 Å². The van der Waals surface area contributed by atoms with Crippen LogP contribution in [0.15, 0.2) is 42.5 Å². The van der Waals surface area contributed by atoms with E-state index in [1.54, 1.807) is 31.4 Å². The third-order valence-corrected chi connectivity index (χ3v) is 7.74. The molecule has 1 heterocycles. The van der Waals surface area contributed by atoms with Crippen molar-refractivity contribution in [2.45, 2.75) is 58.0 Å². The Balaban J connectivity index is 1.88. The van der Waals surface area contributed by atoms with Crippen LogP contribution in [0.2, 0.25) is 0 Å². The van der Waals surface area contributed by atoms with E-state index in [0.29, 0.717) is 17.0 Å². The maximum atomic E-state index is 14.3. The predicted molar refractivity (Wildman–Crippen MR) is 149 cm³/mol. The second-order valence-electron chi connectivity index (χ2n) is 9.62. The van der Waals surface area contributed by atoms with E-state index in [0.717, 1.165) is 54.8 Å². The normalized spacial score (nSPS) is 14.5. The number of aryl methyl sites for hydroxylation is 2. The van der Waals surface area contributed by atoms with Crippen molar-refractivity contribution in [3.63, 3.8) is 0 Å². The van der Waals surface area contributed by atoms with Crippen LogP contribution in [0.25, 0.3) is 0 Å². The van der Waals surface area contributed by atoms with Crippen molar-refractivity contribution in [2.75, 3.05) is 17.7 Å². The van der Waals surface area contributed by atoms with E-state index < -0.39 is 17.9 Å². The molecule has 1 saturated carbocycles. The molecule has 10 heteroatoms. The Labute approximate surface area is 226 Å². The summed E-state index contributed by atoms with van der Waals surface area (Å²) in [5.74, 6) is -1.03. The SMILES string of the molecule is COc1ccc(C(C(=O)NC2CCCCC2)N(C(=O)c2snc(C(N)=O)c2N)c2cc(C)ccc2C)cc1. The highest BCUT2D eigenvalue weighted by atomic mass is 32.1. The molecule has 3 aromatic rings. The number of hydrogen-bond acceptors (Lipinski definition) is 7. The minimum absolute atomic E-state index is 0.0301. The Kier molecular flexibility index (Phi) is 8.31. The van der Waals surface area contributed by atoms with E-state index in [2.05, 4.69) is 9.69 Å². The van der Waals surface area contributed by atoms with E-state index in [9.17, 15) is 14.4 Å². The fourth-order valence-corrected chi connectivity index (χ4v) is 5.56. The monoisotopic (exact) mass is 535 g/mol. The number of methoxy groups -OCH3 is 1. The summed E-state index contributed by atoms with van der Waals surface area (Å²) in [4.78, 5) is 41.6. The Morgan fingerprint density at radius 1 is 1.08 bits per heavy atom. The molecule has 0 aliphatic heterocycles. The molecule has 1 atom stereocenters. The van der Waals surface area contributed by atoms with Crippen LogP contribution in [0.5, 0.6) is 5.75 Å². The number of nitrogens with one attached hydrogen (secondary N) is 1. The first kappa shape index (κ1) is 27.1. The topological polar surface area (TPSA) is 141 Å². The third kappa shape index (κ3) is 5.65. The molecular weight excluding hydrogens is 502 g/mol. The molecule has 0 radical (unpaired) electrons. The number of carbonyl (C=O) groups is 3. The van der Waals surface area contributed by atoms with Gasteiger partial charge in [-0.15, -0.1) is 0 Å². The zero-order valence-corrected chi connectivity index (χ0v) is 22.6. The van der Waals surface area contributed by atoms with Crippen molar-refractivity contribution in [1.29, 1.82) is 0 Å². The molecule has 4 rings (SSSR count). The largest absolute Gasteiger partial charge is 0.497 e. The van der Waals surface area contributed by atoms with Gasteiger partial charge >= 0.3 is 0 Å². The van der Waals surface area contributed by atoms with Gasteiger partial charge in [-0.3, -0.25) is 19.3 Å². The lowest BCUT2D eigenvalue weighted by molar-refractivity contribution is -0.123. The molecule has 38 heavy (non-hydrogen) atoms. The van der Waals surface area contributed by atoms with Gasteiger partial charge in [0.1, 0.15) is 16.7 Å². The Morgan fingerprint density at radius 2 is 1.76 bits per heavy atom. The summed E-state index contributed by atoms with van der Waals surface area (Å²) in [5, 5.41) is 3.19. The van der Waals surface area contributed by atoms with Gasteiger partial charge in [-0.1, -0.05) is 43.5 Å². The first-order chi connectivity index (χ1) is 18.2. The number of nitrogens with zero attached hydrogens (tertiary/aromatic N) is 2. The fraction of sp³-hybridized carbons (Fsp3) is 0.357. The Bertz CT molecular complexity index is 1330. The number of benzene rings is 2. The molecule has 0 spiro atoms. The number of nitrogen functional groups attached to an aromatic ring is 1. The van der Waals surface area contributed by atoms with Crippen LogP contribution >= 0.6 is 11.5 Å². The summed E-state index contributed by atoms with van der Waals surface area (Å²) in [7, 11) is 1.57.